The van der Waals surface area contributed by atoms with E-state index in [4.69, 9.17) is 24.0 Å². The fourth-order valence-corrected chi connectivity index (χ4v) is 13.4. The SMILES string of the molecule is Cc1nc2cc(C=CCc3ccc(F)cc3O)nn2c(N2CCC(C)(OCCCC[C@@H](C)O[Si](c3ccccc3)(c3ccccc3)C(C)(C)C)CC2)c1C(OC(C)(C)C)C(=O)O. The molecule has 3 heterocycles. The summed E-state index contributed by atoms with van der Waals surface area (Å²) in [4.78, 5) is 19.9. The Bertz CT molecular complexity index is 2270. The fourth-order valence-electron chi connectivity index (χ4n) is 8.67. The molecule has 1 saturated heterocycles. The number of fused-ring (bicyclic) bond motifs is 1. The van der Waals surface area contributed by atoms with Gasteiger partial charge in [0.2, 0.25) is 0 Å². The van der Waals surface area contributed by atoms with E-state index in [2.05, 4.69) is 100 Å². The predicted octanol–water partition coefficient (Wildman–Crippen LogP) is 9.59. The van der Waals surface area contributed by atoms with Gasteiger partial charge < -0.3 is 29.0 Å². The molecule has 12 heteroatoms. The number of piperidine rings is 1. The molecule has 2 N–H and O–H groups in total. The molecule has 0 spiro atoms. The normalized spacial score (nSPS) is 15.9. The maximum absolute atomic E-state index is 13.6. The minimum atomic E-state index is -2.63. The molecule has 1 fully saturated rings. The molecule has 2 aromatic heterocycles. The van der Waals surface area contributed by atoms with Crippen molar-refractivity contribution in [2.24, 2.45) is 0 Å². The summed E-state index contributed by atoms with van der Waals surface area (Å²) in [6, 6.07) is 27.4. The van der Waals surface area contributed by atoms with Crippen molar-refractivity contribution in [1.29, 1.82) is 0 Å². The van der Waals surface area contributed by atoms with Crippen molar-refractivity contribution in [3.8, 4) is 5.75 Å². The number of nitrogens with zero attached hydrogens (tertiary/aromatic N) is 4. The third-order valence-electron chi connectivity index (χ3n) is 11.8. The quantitative estimate of drug-likeness (QED) is 0.0696. The smallest absolute Gasteiger partial charge is 0.337 e. The number of carbonyl (C=O) groups is 1. The van der Waals surface area contributed by atoms with Gasteiger partial charge in [0.05, 0.1) is 22.5 Å². The number of aromatic nitrogens is 3. The van der Waals surface area contributed by atoms with Crippen LogP contribution in [0.15, 0.2) is 91.0 Å². The number of hydrogen-bond donors (Lipinski definition) is 2. The van der Waals surface area contributed by atoms with E-state index < -0.39 is 31.8 Å². The van der Waals surface area contributed by atoms with E-state index >= 15 is 0 Å². The Morgan fingerprint density at radius 3 is 2.15 bits per heavy atom. The molecule has 62 heavy (non-hydrogen) atoms. The second-order valence-electron chi connectivity index (χ2n) is 19.0. The zero-order valence-electron chi connectivity index (χ0n) is 38.0. The van der Waals surface area contributed by atoms with Gasteiger partial charge in [-0.25, -0.2) is 14.2 Å². The van der Waals surface area contributed by atoms with E-state index in [1.807, 2.05) is 45.9 Å². The Labute approximate surface area is 367 Å². The number of rotatable bonds is 17. The molecule has 0 amide bonds. The number of aromatic hydroxyl groups is 1. The van der Waals surface area contributed by atoms with Gasteiger partial charge in [0.1, 0.15) is 17.4 Å². The van der Waals surface area contributed by atoms with Gasteiger partial charge in [-0.2, -0.15) is 9.61 Å². The number of carboxylic acids is 1. The molecule has 6 rings (SSSR count). The summed E-state index contributed by atoms with van der Waals surface area (Å²) in [6.07, 6.45) is 7.10. The standard InChI is InChI=1S/C50H65FN4O6Si/c1-35(61-62(49(6,7)8,40-22-12-10-13-23-40)41-24-14-11-15-25-41)19-16-17-32-59-50(9)28-30-54(31-29-50)46-44(45(47(57)58)60-48(3,4)5)36(2)52-43-34-39(53-55(43)46)21-18-20-37-26-27-38(51)33-42(37)56/h10-15,18,21-27,33-35,45,56H,16-17,19-20,28-32H2,1-9H3,(H,57,58)/t35-,45?/m1/s1. The number of phenols is 1. The lowest BCUT2D eigenvalue weighted by molar-refractivity contribution is -0.160. The van der Waals surface area contributed by atoms with Gasteiger partial charge in [0.25, 0.3) is 8.32 Å². The monoisotopic (exact) mass is 864 g/mol. The topological polar surface area (TPSA) is 119 Å². The van der Waals surface area contributed by atoms with Gasteiger partial charge in [-0.05, 0) is 113 Å². The molecule has 0 radical (unpaired) electrons. The van der Waals surface area contributed by atoms with Crippen molar-refractivity contribution >= 4 is 42.2 Å². The van der Waals surface area contributed by atoms with Gasteiger partial charge in [0.15, 0.2) is 11.8 Å². The molecule has 0 saturated carbocycles. The van der Waals surface area contributed by atoms with E-state index in [0.717, 1.165) is 38.2 Å². The maximum Gasteiger partial charge on any atom is 0.337 e. The van der Waals surface area contributed by atoms with E-state index in [-0.39, 0.29) is 22.5 Å². The van der Waals surface area contributed by atoms with Crippen molar-refractivity contribution < 1.29 is 33.3 Å². The summed E-state index contributed by atoms with van der Waals surface area (Å²) in [7, 11) is -2.63. The zero-order chi connectivity index (χ0) is 44.9. The number of anilines is 1. The second-order valence-corrected chi connectivity index (χ2v) is 23.2. The maximum atomic E-state index is 13.6. The summed E-state index contributed by atoms with van der Waals surface area (Å²) in [5.41, 5.74) is 1.68. The fraction of sp³-hybridized carbons (Fsp3) is 0.460. The zero-order valence-corrected chi connectivity index (χ0v) is 39.0. The Kier molecular flexibility index (Phi) is 14.5. The number of phenolic OH excluding ortho intramolecular Hbond substituents is 1. The first-order valence-electron chi connectivity index (χ1n) is 21.9. The second kappa shape index (κ2) is 19.2. The first-order valence-corrected chi connectivity index (χ1v) is 23.8. The first kappa shape index (κ1) is 46.6. The largest absolute Gasteiger partial charge is 0.508 e. The minimum absolute atomic E-state index is 0.0633. The summed E-state index contributed by atoms with van der Waals surface area (Å²) < 4.78 is 35.5. The van der Waals surface area contributed by atoms with Gasteiger partial charge >= 0.3 is 5.97 Å². The summed E-state index contributed by atoms with van der Waals surface area (Å²) in [5.74, 6) is -1.08. The van der Waals surface area contributed by atoms with Crippen molar-refractivity contribution in [2.75, 3.05) is 24.6 Å². The third-order valence-corrected chi connectivity index (χ3v) is 17.0. The molecule has 0 bridgehead atoms. The van der Waals surface area contributed by atoms with Crippen LogP contribution < -0.4 is 15.3 Å². The van der Waals surface area contributed by atoms with Crippen LogP contribution in [0.1, 0.15) is 116 Å². The number of aryl methyl sites for hydroxylation is 1. The summed E-state index contributed by atoms with van der Waals surface area (Å²) in [5, 5.41) is 28.1. The minimum Gasteiger partial charge on any atom is -0.508 e. The van der Waals surface area contributed by atoms with Crippen LogP contribution in [-0.4, -0.2) is 76.1 Å². The van der Waals surface area contributed by atoms with E-state index in [9.17, 15) is 19.4 Å². The van der Waals surface area contributed by atoms with Crippen LogP contribution in [0.5, 0.6) is 5.75 Å². The molecule has 5 aromatic rings. The highest BCUT2D eigenvalue weighted by Crippen LogP contribution is 2.40. The third kappa shape index (κ3) is 10.8. The van der Waals surface area contributed by atoms with E-state index in [1.165, 1.54) is 16.4 Å². The lowest BCUT2D eigenvalue weighted by Crippen LogP contribution is -2.67. The van der Waals surface area contributed by atoms with Crippen LogP contribution in [0, 0.1) is 12.7 Å². The van der Waals surface area contributed by atoms with E-state index in [0.29, 0.717) is 60.1 Å². The van der Waals surface area contributed by atoms with Crippen LogP contribution in [0.4, 0.5) is 10.2 Å². The number of unbranched alkanes of at least 4 members (excludes halogenated alkanes) is 1. The molecule has 3 aromatic carbocycles. The van der Waals surface area contributed by atoms with Crippen molar-refractivity contribution in [3.63, 3.8) is 0 Å². The number of benzene rings is 3. The van der Waals surface area contributed by atoms with E-state index in [1.54, 1.807) is 10.6 Å². The highest BCUT2D eigenvalue weighted by molar-refractivity contribution is 6.99. The van der Waals surface area contributed by atoms with Gasteiger partial charge in [-0.1, -0.05) is 93.6 Å². The number of halogens is 1. The molecule has 10 nitrogen and oxygen atoms in total. The summed E-state index contributed by atoms with van der Waals surface area (Å²) in [6.45, 7) is 20.5. The van der Waals surface area contributed by atoms with Crippen LogP contribution >= 0.6 is 0 Å². The van der Waals surface area contributed by atoms with Crippen molar-refractivity contribution in [1.82, 2.24) is 14.6 Å². The molecular formula is C50H65FN4O6Si. The Morgan fingerprint density at radius 1 is 0.952 bits per heavy atom. The van der Waals surface area contributed by atoms with Gasteiger partial charge in [-0.3, -0.25) is 0 Å². The highest BCUT2D eigenvalue weighted by Gasteiger charge is 2.51. The molecule has 1 aliphatic heterocycles. The Morgan fingerprint density at radius 2 is 1.58 bits per heavy atom. The Balaban J connectivity index is 1.14. The molecule has 0 aliphatic carbocycles. The highest BCUT2D eigenvalue weighted by atomic mass is 28.4. The Hall–Kier alpha value is -4.88. The average molecular weight is 865 g/mol. The van der Waals surface area contributed by atoms with Crippen molar-refractivity contribution in [3.05, 3.63) is 119 Å². The lowest BCUT2D eigenvalue weighted by atomic mass is 9.92. The van der Waals surface area contributed by atoms with Gasteiger partial charge in [0, 0.05) is 43.6 Å². The number of hydrogen-bond acceptors (Lipinski definition) is 8. The molecular weight excluding hydrogens is 800 g/mol. The average Bonchev–Trinajstić information content (AvgIpc) is 3.61. The number of aliphatic carboxylic acids is 1. The van der Waals surface area contributed by atoms with Crippen LogP contribution in [-0.2, 0) is 25.1 Å². The summed E-state index contributed by atoms with van der Waals surface area (Å²) >= 11 is 0. The number of ether oxygens (including phenoxy) is 2. The van der Waals surface area contributed by atoms with Crippen LogP contribution in [0.3, 0.4) is 0 Å². The molecule has 332 valence electrons. The lowest BCUT2D eigenvalue weighted by Gasteiger charge is -2.44. The predicted molar refractivity (Wildman–Crippen MR) is 248 cm³/mol. The molecule has 2 atom stereocenters. The molecule has 1 unspecified atom stereocenters. The number of allylic oxidation sites excluding steroid dienone is 1. The first-order chi connectivity index (χ1) is 29.3. The van der Waals surface area contributed by atoms with Crippen LogP contribution in [0.25, 0.3) is 11.7 Å². The van der Waals surface area contributed by atoms with Crippen LogP contribution in [0.2, 0.25) is 5.04 Å². The molecule has 1 aliphatic rings. The number of carboxylic acid groups (broad SMARTS) is 1. The van der Waals surface area contributed by atoms with Crippen molar-refractivity contribution in [2.45, 2.75) is 129 Å². The van der Waals surface area contributed by atoms with Gasteiger partial charge in [-0.15, -0.1) is 0 Å².